The van der Waals surface area contributed by atoms with Gasteiger partial charge in [-0.25, -0.2) is 18.5 Å². The molecule has 1 aliphatic heterocycles. The summed E-state index contributed by atoms with van der Waals surface area (Å²) in [5.41, 5.74) is 0.357. The van der Waals surface area contributed by atoms with Gasteiger partial charge in [0.05, 0.1) is 13.0 Å². The quantitative estimate of drug-likeness (QED) is 0.362. The van der Waals surface area contributed by atoms with Gasteiger partial charge < -0.3 is 20.5 Å². The van der Waals surface area contributed by atoms with Crippen LogP contribution in [0.25, 0.3) is 0 Å². The van der Waals surface area contributed by atoms with Crippen LogP contribution in [0.5, 0.6) is 5.75 Å². The first-order valence-electron chi connectivity index (χ1n) is 11.2. The van der Waals surface area contributed by atoms with Crippen LogP contribution in [0.3, 0.4) is 0 Å². The second kappa shape index (κ2) is 11.1. The molecule has 2 heterocycles. The fourth-order valence-electron chi connectivity index (χ4n) is 3.57. The number of anilines is 2. The monoisotopic (exact) mass is 527 g/mol. The molecule has 2 aromatic carbocycles. The number of dihydropyridines is 1. The number of hydrogen-bond acceptors (Lipinski definition) is 7. The Morgan fingerprint density at radius 1 is 1.22 bits per heavy atom. The first kappa shape index (κ1) is 25.7. The molecule has 0 bridgehead atoms. The summed E-state index contributed by atoms with van der Waals surface area (Å²) in [5.74, 6) is -0.327. The van der Waals surface area contributed by atoms with Gasteiger partial charge in [-0.15, -0.1) is 0 Å². The number of alkyl halides is 1. The Bertz CT molecular complexity index is 1500. The number of carbonyl (C=O) groups is 1. The molecule has 0 spiro atoms. The second-order valence-electron chi connectivity index (χ2n) is 8.19. The van der Waals surface area contributed by atoms with E-state index in [1.807, 2.05) is 0 Å². The molecule has 0 aliphatic carbocycles. The first-order valence-corrected chi connectivity index (χ1v) is 11.6. The highest BCUT2D eigenvalue weighted by Crippen LogP contribution is 2.26. The summed E-state index contributed by atoms with van der Waals surface area (Å²) in [4.78, 5) is 40.8. The molecule has 12 heteroatoms. The van der Waals surface area contributed by atoms with Crippen molar-refractivity contribution in [3.63, 3.8) is 0 Å². The molecule has 0 saturated carbocycles. The van der Waals surface area contributed by atoms with Crippen LogP contribution in [-0.2, 0) is 17.9 Å². The maximum absolute atomic E-state index is 13.5. The summed E-state index contributed by atoms with van der Waals surface area (Å²) in [6, 6.07) is 11.8. The lowest BCUT2D eigenvalue weighted by atomic mass is 10.2. The Balaban J connectivity index is 1.66. The van der Waals surface area contributed by atoms with Crippen molar-refractivity contribution in [3.05, 3.63) is 104 Å². The van der Waals surface area contributed by atoms with E-state index in [9.17, 15) is 18.8 Å². The van der Waals surface area contributed by atoms with E-state index in [1.165, 1.54) is 16.8 Å². The van der Waals surface area contributed by atoms with Gasteiger partial charge >= 0.3 is 17.3 Å². The summed E-state index contributed by atoms with van der Waals surface area (Å²) >= 11 is 5.96. The molecular formula is C25H23ClFN5O5. The third-order valence-electron chi connectivity index (χ3n) is 5.43. The number of ether oxygens (including phenoxy) is 1. The van der Waals surface area contributed by atoms with Crippen molar-refractivity contribution in [1.82, 2.24) is 19.4 Å². The SMILES string of the molecule is Cc1cc(Nc2nc(=O)n(CCC(=O)O)c(=O)n2Cc2ccc(Cl)cc2)ccc1OC1=CC(F)NC=C1. The smallest absolute Gasteiger partial charge is 0.354 e. The Morgan fingerprint density at radius 3 is 2.65 bits per heavy atom. The highest BCUT2D eigenvalue weighted by molar-refractivity contribution is 6.30. The minimum atomic E-state index is -1.35. The molecule has 1 aliphatic rings. The standard InChI is InChI=1S/C25H23ClFN5O5/c1-15-12-18(6-7-20(15)37-19-8-10-28-21(27)13-19)29-23-30-24(35)31(11-9-22(33)34)25(36)32(23)14-16-2-4-17(26)5-3-16/h2-8,10,12-13,21,28H,9,11,14H2,1H3,(H,33,34)(H,29,30,35). The summed E-state index contributed by atoms with van der Waals surface area (Å²) in [6.07, 6.45) is 2.60. The molecule has 10 nitrogen and oxygen atoms in total. The van der Waals surface area contributed by atoms with Crippen molar-refractivity contribution in [3.8, 4) is 5.75 Å². The average molecular weight is 528 g/mol. The number of halogens is 2. The van der Waals surface area contributed by atoms with E-state index in [4.69, 9.17) is 21.4 Å². The van der Waals surface area contributed by atoms with Gasteiger partial charge in [0.15, 0.2) is 6.30 Å². The van der Waals surface area contributed by atoms with E-state index in [0.717, 1.165) is 4.57 Å². The number of aryl methyl sites for hydroxylation is 1. The van der Waals surface area contributed by atoms with Crippen molar-refractivity contribution in [2.75, 3.05) is 5.32 Å². The van der Waals surface area contributed by atoms with E-state index >= 15 is 0 Å². The van der Waals surface area contributed by atoms with E-state index in [-0.39, 0.29) is 19.0 Å². The normalized spacial score (nSPS) is 14.6. The Hall–Kier alpha value is -4.38. The Morgan fingerprint density at radius 2 is 1.97 bits per heavy atom. The molecule has 1 unspecified atom stereocenters. The van der Waals surface area contributed by atoms with Crippen molar-refractivity contribution in [2.24, 2.45) is 0 Å². The van der Waals surface area contributed by atoms with Crippen molar-refractivity contribution in [1.29, 1.82) is 0 Å². The lowest BCUT2D eigenvalue weighted by Crippen LogP contribution is -2.43. The molecular weight excluding hydrogens is 505 g/mol. The lowest BCUT2D eigenvalue weighted by molar-refractivity contribution is -0.137. The summed E-state index contributed by atoms with van der Waals surface area (Å²) in [6.45, 7) is 1.53. The molecule has 37 heavy (non-hydrogen) atoms. The predicted octanol–water partition coefficient (Wildman–Crippen LogP) is 3.31. The van der Waals surface area contributed by atoms with E-state index in [0.29, 0.717) is 33.3 Å². The maximum atomic E-state index is 13.5. The van der Waals surface area contributed by atoms with Crippen LogP contribution in [0.1, 0.15) is 17.5 Å². The largest absolute Gasteiger partial charge is 0.481 e. The summed E-state index contributed by atoms with van der Waals surface area (Å²) in [5, 5.41) is 15.0. The maximum Gasteiger partial charge on any atom is 0.354 e. The van der Waals surface area contributed by atoms with Crippen LogP contribution in [-0.4, -0.2) is 31.5 Å². The average Bonchev–Trinajstić information content (AvgIpc) is 2.84. The number of carboxylic acids is 1. The van der Waals surface area contributed by atoms with Crippen LogP contribution in [0, 0.1) is 6.92 Å². The molecule has 0 saturated heterocycles. The fourth-order valence-corrected chi connectivity index (χ4v) is 3.70. The van der Waals surface area contributed by atoms with Crippen LogP contribution in [0.2, 0.25) is 5.02 Å². The molecule has 3 aromatic rings. The first-order chi connectivity index (χ1) is 17.7. The van der Waals surface area contributed by atoms with Gasteiger partial charge in [-0.1, -0.05) is 23.7 Å². The molecule has 0 radical (unpaired) electrons. The van der Waals surface area contributed by atoms with Gasteiger partial charge in [-0.05, 0) is 54.5 Å². The van der Waals surface area contributed by atoms with Crippen molar-refractivity contribution >= 4 is 29.2 Å². The molecule has 4 rings (SSSR count). The lowest BCUT2D eigenvalue weighted by Gasteiger charge is -2.17. The second-order valence-corrected chi connectivity index (χ2v) is 8.62. The molecule has 3 N–H and O–H groups in total. The van der Waals surface area contributed by atoms with E-state index in [2.05, 4.69) is 15.6 Å². The zero-order chi connectivity index (χ0) is 26.5. The molecule has 192 valence electrons. The number of allylic oxidation sites excluding steroid dienone is 1. The molecule has 1 aromatic heterocycles. The number of rotatable bonds is 9. The number of aromatic nitrogens is 3. The molecule has 0 fully saturated rings. The van der Waals surface area contributed by atoms with Crippen molar-refractivity contribution in [2.45, 2.75) is 32.7 Å². The predicted molar refractivity (Wildman–Crippen MR) is 136 cm³/mol. The van der Waals surface area contributed by atoms with Gasteiger partial charge in [0.1, 0.15) is 11.5 Å². The van der Waals surface area contributed by atoms with Crippen molar-refractivity contribution < 1.29 is 19.0 Å². The number of aliphatic carboxylic acids is 1. The summed E-state index contributed by atoms with van der Waals surface area (Å²) < 4.78 is 21.3. The van der Waals surface area contributed by atoms with Gasteiger partial charge in [-0.3, -0.25) is 9.36 Å². The zero-order valence-corrected chi connectivity index (χ0v) is 20.4. The topological polar surface area (TPSA) is 127 Å². The number of carboxylic acid groups (broad SMARTS) is 1. The fraction of sp³-hybridized carbons (Fsp3) is 0.200. The van der Waals surface area contributed by atoms with Crippen LogP contribution >= 0.6 is 11.6 Å². The van der Waals surface area contributed by atoms with Gasteiger partial charge in [0.2, 0.25) is 5.95 Å². The number of nitrogens with zero attached hydrogens (tertiary/aromatic N) is 3. The Labute approximate surface area is 215 Å². The minimum absolute atomic E-state index is 0.0196. The van der Waals surface area contributed by atoms with Gasteiger partial charge in [-0.2, -0.15) is 4.98 Å². The van der Waals surface area contributed by atoms with Crippen LogP contribution < -0.4 is 26.7 Å². The highest BCUT2D eigenvalue weighted by atomic mass is 35.5. The van der Waals surface area contributed by atoms with Gasteiger partial charge in [0, 0.05) is 29.5 Å². The minimum Gasteiger partial charge on any atom is -0.481 e. The van der Waals surface area contributed by atoms with Crippen LogP contribution in [0.4, 0.5) is 16.0 Å². The third-order valence-corrected chi connectivity index (χ3v) is 5.68. The van der Waals surface area contributed by atoms with Crippen LogP contribution in [0.15, 0.2) is 76.2 Å². The Kier molecular flexibility index (Phi) is 7.73. The zero-order valence-electron chi connectivity index (χ0n) is 19.6. The number of benzene rings is 2. The summed E-state index contributed by atoms with van der Waals surface area (Å²) in [7, 11) is 0. The number of hydrogen-bond donors (Lipinski definition) is 3. The molecule has 0 amide bonds. The van der Waals surface area contributed by atoms with Gasteiger partial charge in [0.25, 0.3) is 0 Å². The highest BCUT2D eigenvalue weighted by Gasteiger charge is 2.16. The third kappa shape index (κ3) is 6.44. The van der Waals surface area contributed by atoms with E-state index < -0.39 is 30.1 Å². The number of nitrogens with one attached hydrogen (secondary N) is 2. The molecule has 1 atom stereocenters. The van der Waals surface area contributed by atoms with E-state index in [1.54, 1.807) is 55.5 Å².